The number of hydrogen-bond donors (Lipinski definition) is 1. The van der Waals surface area contributed by atoms with Crippen LogP contribution in [0, 0.1) is 0 Å². The predicted molar refractivity (Wildman–Crippen MR) is 60.9 cm³/mol. The highest BCUT2D eigenvalue weighted by Crippen LogP contribution is 2.03. The smallest absolute Gasteiger partial charge is 0.226 e. The molecule has 5 nitrogen and oxygen atoms in total. The molecule has 0 aromatic carbocycles. The maximum Gasteiger partial charge on any atom is 0.226 e. The number of aliphatic hydroxyl groups is 1. The molecular formula is C11H21N3O2. The van der Waals surface area contributed by atoms with Crippen molar-refractivity contribution in [2.24, 2.45) is 0 Å². The maximum atomic E-state index is 8.96. The largest absolute Gasteiger partial charge is 0.395 e. The van der Waals surface area contributed by atoms with E-state index in [1.54, 1.807) is 0 Å². The lowest BCUT2D eigenvalue weighted by Crippen LogP contribution is -2.28. The fraction of sp³-hybridized carbons (Fsp3) is 0.818. The van der Waals surface area contributed by atoms with Crippen LogP contribution in [0.25, 0.3) is 0 Å². The molecular weight excluding hydrogens is 206 g/mol. The normalized spacial score (nSPS) is 11.2. The summed E-state index contributed by atoms with van der Waals surface area (Å²) < 4.78 is 5.05. The highest BCUT2D eigenvalue weighted by atomic mass is 16.5. The number of aryl methyl sites for hydroxylation is 1. The Morgan fingerprint density at radius 2 is 2.12 bits per heavy atom. The summed E-state index contributed by atoms with van der Waals surface area (Å²) in [6, 6.07) is 0. The molecule has 5 heteroatoms. The van der Waals surface area contributed by atoms with Crippen LogP contribution in [0.15, 0.2) is 4.52 Å². The van der Waals surface area contributed by atoms with Gasteiger partial charge in [-0.2, -0.15) is 4.98 Å². The molecule has 16 heavy (non-hydrogen) atoms. The zero-order chi connectivity index (χ0) is 11.8. The van der Waals surface area contributed by atoms with Gasteiger partial charge in [0, 0.05) is 13.0 Å². The Morgan fingerprint density at radius 1 is 1.31 bits per heavy atom. The Hall–Kier alpha value is -0.940. The van der Waals surface area contributed by atoms with E-state index in [9.17, 15) is 0 Å². The van der Waals surface area contributed by atoms with E-state index in [-0.39, 0.29) is 6.61 Å². The van der Waals surface area contributed by atoms with Gasteiger partial charge in [0.25, 0.3) is 0 Å². The molecule has 1 aromatic rings. The number of rotatable bonds is 8. The van der Waals surface area contributed by atoms with Crippen molar-refractivity contribution in [3.05, 3.63) is 11.7 Å². The van der Waals surface area contributed by atoms with E-state index in [1.807, 2.05) is 6.92 Å². The molecule has 0 saturated carbocycles. The van der Waals surface area contributed by atoms with Gasteiger partial charge < -0.3 is 9.63 Å². The van der Waals surface area contributed by atoms with Crippen molar-refractivity contribution in [2.45, 2.75) is 39.7 Å². The first-order valence-electron chi connectivity index (χ1n) is 5.94. The van der Waals surface area contributed by atoms with Gasteiger partial charge in [-0.15, -0.1) is 0 Å². The number of nitrogens with zero attached hydrogens (tertiary/aromatic N) is 3. The second-order valence-corrected chi connectivity index (χ2v) is 3.81. The fourth-order valence-electron chi connectivity index (χ4n) is 1.49. The highest BCUT2D eigenvalue weighted by molar-refractivity contribution is 4.85. The van der Waals surface area contributed by atoms with Gasteiger partial charge in [0.05, 0.1) is 13.2 Å². The van der Waals surface area contributed by atoms with Crippen LogP contribution in [0.4, 0.5) is 0 Å². The number of aromatic nitrogens is 2. The molecule has 0 aliphatic rings. The molecule has 0 radical (unpaired) electrons. The highest BCUT2D eigenvalue weighted by Gasteiger charge is 2.10. The molecule has 1 aromatic heterocycles. The molecule has 1 N–H and O–H groups in total. The van der Waals surface area contributed by atoms with Crippen molar-refractivity contribution in [1.82, 2.24) is 15.0 Å². The fourth-order valence-corrected chi connectivity index (χ4v) is 1.49. The molecule has 0 unspecified atom stereocenters. The summed E-state index contributed by atoms with van der Waals surface area (Å²) in [5.41, 5.74) is 0. The van der Waals surface area contributed by atoms with Crippen molar-refractivity contribution in [1.29, 1.82) is 0 Å². The second kappa shape index (κ2) is 7.35. The number of unbranched alkanes of at least 4 members (excludes halogenated alkanes) is 1. The Bertz CT molecular complexity index is 289. The first-order chi connectivity index (χ1) is 7.80. The van der Waals surface area contributed by atoms with E-state index in [0.29, 0.717) is 24.8 Å². The molecule has 0 aliphatic heterocycles. The topological polar surface area (TPSA) is 62.4 Å². The van der Waals surface area contributed by atoms with Gasteiger partial charge in [0.2, 0.25) is 5.89 Å². The van der Waals surface area contributed by atoms with Crippen LogP contribution in [-0.2, 0) is 13.0 Å². The van der Waals surface area contributed by atoms with Gasteiger partial charge in [0.1, 0.15) is 0 Å². The van der Waals surface area contributed by atoms with Crippen molar-refractivity contribution in [2.75, 3.05) is 19.7 Å². The monoisotopic (exact) mass is 227 g/mol. The van der Waals surface area contributed by atoms with Gasteiger partial charge in [0.15, 0.2) is 5.82 Å². The van der Waals surface area contributed by atoms with E-state index in [2.05, 4.69) is 22.0 Å². The van der Waals surface area contributed by atoms with Crippen LogP contribution in [0.1, 0.15) is 38.4 Å². The van der Waals surface area contributed by atoms with Gasteiger partial charge >= 0.3 is 0 Å². The Labute approximate surface area is 96.5 Å². The summed E-state index contributed by atoms with van der Waals surface area (Å²) >= 11 is 0. The first-order valence-corrected chi connectivity index (χ1v) is 5.94. The third-order valence-electron chi connectivity index (χ3n) is 2.42. The van der Waals surface area contributed by atoms with Crippen LogP contribution in [0.5, 0.6) is 0 Å². The summed E-state index contributed by atoms with van der Waals surface area (Å²) in [4.78, 5) is 6.40. The third kappa shape index (κ3) is 4.28. The molecule has 0 atom stereocenters. The molecule has 0 aliphatic carbocycles. The molecule has 0 spiro atoms. The summed E-state index contributed by atoms with van der Waals surface area (Å²) in [7, 11) is 0. The van der Waals surface area contributed by atoms with Gasteiger partial charge in [-0.3, -0.25) is 4.90 Å². The lowest BCUT2D eigenvalue weighted by molar-refractivity contribution is 0.184. The molecule has 0 fully saturated rings. The maximum absolute atomic E-state index is 8.96. The summed E-state index contributed by atoms with van der Waals surface area (Å²) in [6.07, 6.45) is 3.04. The quantitative estimate of drug-likeness (QED) is 0.723. The molecule has 1 heterocycles. The van der Waals surface area contributed by atoms with Gasteiger partial charge in [-0.05, 0) is 13.0 Å². The predicted octanol–water partition coefficient (Wildman–Crippen LogP) is 1.23. The van der Waals surface area contributed by atoms with E-state index in [0.717, 1.165) is 25.8 Å². The van der Waals surface area contributed by atoms with Crippen molar-refractivity contribution < 1.29 is 9.63 Å². The summed E-state index contributed by atoms with van der Waals surface area (Å²) in [5, 5.41) is 12.9. The van der Waals surface area contributed by atoms with Crippen LogP contribution < -0.4 is 0 Å². The van der Waals surface area contributed by atoms with Crippen LogP contribution in [-0.4, -0.2) is 39.8 Å². The van der Waals surface area contributed by atoms with E-state index in [4.69, 9.17) is 9.63 Å². The van der Waals surface area contributed by atoms with Crippen LogP contribution in [0.3, 0.4) is 0 Å². The number of hydrogen-bond acceptors (Lipinski definition) is 5. The second-order valence-electron chi connectivity index (χ2n) is 3.81. The Kier molecular flexibility index (Phi) is 6.03. The first kappa shape index (κ1) is 13.1. The zero-order valence-electron chi connectivity index (χ0n) is 10.1. The lowest BCUT2D eigenvalue weighted by atomic mass is 10.3. The van der Waals surface area contributed by atoms with E-state index < -0.39 is 0 Å². The average molecular weight is 227 g/mol. The zero-order valence-corrected chi connectivity index (χ0v) is 10.1. The Balaban J connectivity index is 2.46. The number of aliphatic hydroxyl groups excluding tert-OH is 1. The van der Waals surface area contributed by atoms with E-state index in [1.165, 1.54) is 0 Å². The van der Waals surface area contributed by atoms with Gasteiger partial charge in [-0.1, -0.05) is 25.4 Å². The van der Waals surface area contributed by atoms with Crippen LogP contribution in [0.2, 0.25) is 0 Å². The molecule has 0 saturated heterocycles. The molecule has 92 valence electrons. The summed E-state index contributed by atoms with van der Waals surface area (Å²) in [5.74, 6) is 1.39. The average Bonchev–Trinajstić information content (AvgIpc) is 2.74. The summed E-state index contributed by atoms with van der Waals surface area (Å²) in [6.45, 7) is 6.59. The third-order valence-corrected chi connectivity index (χ3v) is 2.42. The standard InChI is InChI=1S/C11H21N3O2/c1-3-5-6-14(7-8-15)9-10-12-11(4-2)16-13-10/h15H,3-9H2,1-2H3. The molecule has 1 rings (SSSR count). The molecule has 0 bridgehead atoms. The van der Waals surface area contributed by atoms with Gasteiger partial charge in [-0.25, -0.2) is 0 Å². The van der Waals surface area contributed by atoms with Crippen molar-refractivity contribution >= 4 is 0 Å². The van der Waals surface area contributed by atoms with E-state index >= 15 is 0 Å². The SMILES string of the molecule is CCCCN(CCO)Cc1noc(CC)n1. The Morgan fingerprint density at radius 3 is 2.69 bits per heavy atom. The minimum atomic E-state index is 0.169. The minimum absolute atomic E-state index is 0.169. The molecule has 0 amide bonds. The lowest BCUT2D eigenvalue weighted by Gasteiger charge is -2.18. The van der Waals surface area contributed by atoms with Crippen molar-refractivity contribution in [3.8, 4) is 0 Å². The van der Waals surface area contributed by atoms with Crippen molar-refractivity contribution in [3.63, 3.8) is 0 Å². The van der Waals surface area contributed by atoms with Crippen LogP contribution >= 0.6 is 0 Å². The minimum Gasteiger partial charge on any atom is -0.395 e.